The molecule has 0 bridgehead atoms. The van der Waals surface area contributed by atoms with Crippen LogP contribution >= 0.6 is 15.6 Å². The van der Waals surface area contributed by atoms with E-state index in [1.165, 1.54) is 0 Å². The lowest BCUT2D eigenvalue weighted by atomic mass is 10.2. The summed E-state index contributed by atoms with van der Waals surface area (Å²) in [6, 6.07) is 0. The normalized spacial score (nSPS) is 15.2. The predicted molar refractivity (Wildman–Crippen MR) is 435 cm³/mol. The molecule has 0 radical (unpaired) electrons. The van der Waals surface area contributed by atoms with Crippen molar-refractivity contribution in [3.8, 4) is 0 Å². The van der Waals surface area contributed by atoms with E-state index < -0.39 is 97.5 Å². The number of phosphoric ester groups is 2. The van der Waals surface area contributed by atoms with Crippen molar-refractivity contribution >= 4 is 39.5 Å². The molecule has 0 saturated heterocycles. The largest absolute Gasteiger partial charge is 0.472 e. The SMILES string of the molecule is CC/C=C\C/C=C\C/C=C\C/C=C\C/C=C\C/C=C\CCC(=O)OCC(COP(=O)(O)OCC(O)COP(=O)(O)OCC(COC(=O)CCC/C=C\C/C=C\C/C=C\C/C=C\C/C=C\CC)OC(=O)C/C=C\C/C=C\C/C=C\C/C=C\C/C=C\CC)OC(=O)CCCC/C=C\C/C=C\C/C=C\C/C=C\CC. The zero-order chi connectivity index (χ0) is 77.4. The molecule has 19 heteroatoms. The van der Waals surface area contributed by atoms with Crippen LogP contribution in [-0.2, 0) is 65.4 Å². The molecule has 0 fully saturated rings. The Bertz CT molecular complexity index is 2980. The molecular weight excluding hydrogens is 1380 g/mol. The highest BCUT2D eigenvalue weighted by Gasteiger charge is 2.30. The van der Waals surface area contributed by atoms with E-state index in [0.29, 0.717) is 44.9 Å². The molecule has 0 aliphatic rings. The first-order valence-corrected chi connectivity index (χ1v) is 41.3. The smallest absolute Gasteiger partial charge is 0.462 e. The highest BCUT2D eigenvalue weighted by atomic mass is 31.2. The molecule has 0 heterocycles. The second-order valence-corrected chi connectivity index (χ2v) is 27.0. The van der Waals surface area contributed by atoms with E-state index in [9.17, 15) is 43.2 Å². The number of esters is 4. The fraction of sp³-hybridized carbons (Fsp3) is 0.494. The summed E-state index contributed by atoms with van der Waals surface area (Å²) in [4.78, 5) is 72.8. The zero-order valence-electron chi connectivity index (χ0n) is 64.2. The number of allylic oxidation sites excluding steroid dienone is 39. The van der Waals surface area contributed by atoms with Crippen LogP contribution in [0.25, 0.3) is 0 Å². The summed E-state index contributed by atoms with van der Waals surface area (Å²) >= 11 is 0. The van der Waals surface area contributed by atoms with Gasteiger partial charge in [-0.3, -0.25) is 37.3 Å². The second kappa shape index (κ2) is 76.1. The first-order chi connectivity index (χ1) is 51.7. The Balaban J connectivity index is 5.62. The minimum atomic E-state index is -5.04. The summed E-state index contributed by atoms with van der Waals surface area (Å²) in [6.07, 6.45) is 99.3. The van der Waals surface area contributed by atoms with E-state index in [1.54, 1.807) is 12.2 Å². The van der Waals surface area contributed by atoms with Gasteiger partial charge in [-0.2, -0.15) is 0 Å². The maximum Gasteiger partial charge on any atom is 0.472 e. The van der Waals surface area contributed by atoms with Gasteiger partial charge < -0.3 is 33.8 Å². The summed E-state index contributed by atoms with van der Waals surface area (Å²) < 4.78 is 68.2. The monoisotopic (exact) mass is 1510 g/mol. The van der Waals surface area contributed by atoms with Crippen molar-refractivity contribution in [3.63, 3.8) is 0 Å². The number of aliphatic hydroxyl groups excluding tert-OH is 1. The zero-order valence-corrected chi connectivity index (χ0v) is 66.0. The van der Waals surface area contributed by atoms with Crippen LogP contribution in [0.5, 0.6) is 0 Å². The standard InChI is InChI=1S/C87H130O17P2/c1-5-9-13-17-21-25-29-33-37-39-40-42-46-48-52-56-60-64-68-72-85(90)98-78-83(104-87(92)74-70-66-62-58-54-50-44-36-32-28-24-20-16-12-8-4)80-102-106(95,96)100-76-81(88)75-99-105(93,94)101-79-82(103-86(91)73-69-65-61-57-53-49-43-35-31-27-23-19-15-11-7-3)77-97-84(89)71-67-63-59-55-51-47-45-41-38-34-30-26-22-18-14-10-6-2/h9-16,21-28,33-38,40,42-45,47-48,52-55,57-60,64-65,69,81-83,88H,5-8,17-20,29-32,39,41,46,49-51,56,61-63,66-68,70-80H2,1-4H3,(H,93,94)(H,95,96)/b13-9-,14-10-,15-11-,16-12-,25-21-,26-22-,27-23-,28-24-,37-33-,38-34-,42-40-,43-35-,44-36-,47-45-,52-48-,57-53-,58-54-,59-55-,64-60-,69-65-. The third kappa shape index (κ3) is 75.1. The minimum Gasteiger partial charge on any atom is -0.462 e. The molecule has 590 valence electrons. The van der Waals surface area contributed by atoms with Gasteiger partial charge in [0.05, 0.1) is 32.8 Å². The number of carbonyl (C=O) groups is 4. The van der Waals surface area contributed by atoms with Crippen LogP contribution in [-0.4, -0.2) is 96.7 Å². The molecular formula is C87H130O17P2. The van der Waals surface area contributed by atoms with Crippen LogP contribution in [0.15, 0.2) is 243 Å². The Morgan fingerprint density at radius 1 is 0.274 bits per heavy atom. The van der Waals surface area contributed by atoms with Gasteiger partial charge in [-0.25, -0.2) is 9.13 Å². The average molecular weight is 1510 g/mol. The van der Waals surface area contributed by atoms with Crippen molar-refractivity contribution in [3.05, 3.63) is 243 Å². The molecule has 0 aromatic rings. The third-order valence-corrected chi connectivity index (χ3v) is 16.2. The van der Waals surface area contributed by atoms with Crippen molar-refractivity contribution in [2.45, 2.75) is 239 Å². The van der Waals surface area contributed by atoms with E-state index in [4.69, 9.17) is 37.0 Å². The Labute approximate surface area is 637 Å². The van der Waals surface area contributed by atoms with Gasteiger partial charge in [0.1, 0.15) is 19.3 Å². The Morgan fingerprint density at radius 3 is 0.840 bits per heavy atom. The van der Waals surface area contributed by atoms with Gasteiger partial charge in [0.2, 0.25) is 0 Å². The minimum absolute atomic E-state index is 0.0110. The first kappa shape index (κ1) is 98.9. The molecule has 0 rings (SSSR count). The summed E-state index contributed by atoms with van der Waals surface area (Å²) in [5.74, 6) is -2.58. The van der Waals surface area contributed by atoms with Gasteiger partial charge in [0.25, 0.3) is 0 Å². The number of hydrogen-bond acceptors (Lipinski definition) is 15. The topological polar surface area (TPSA) is 237 Å². The number of phosphoric acid groups is 2. The van der Waals surface area contributed by atoms with Gasteiger partial charge >= 0.3 is 39.5 Å². The molecule has 3 N–H and O–H groups in total. The van der Waals surface area contributed by atoms with Crippen molar-refractivity contribution in [1.29, 1.82) is 0 Å². The summed E-state index contributed by atoms with van der Waals surface area (Å²) in [6.45, 7) is 4.02. The number of ether oxygens (including phenoxy) is 4. The van der Waals surface area contributed by atoms with Gasteiger partial charge in [-0.05, 0) is 167 Å². The molecule has 5 atom stereocenters. The number of unbranched alkanes of at least 4 members (excludes halogenated alkanes) is 3. The second-order valence-electron chi connectivity index (χ2n) is 24.1. The molecule has 5 unspecified atom stereocenters. The molecule has 0 saturated carbocycles. The van der Waals surface area contributed by atoms with Crippen molar-refractivity contribution < 1.29 is 80.2 Å². The molecule has 0 aromatic carbocycles. The van der Waals surface area contributed by atoms with Crippen molar-refractivity contribution in [1.82, 2.24) is 0 Å². The Kier molecular flexibility index (Phi) is 70.9. The van der Waals surface area contributed by atoms with Crippen LogP contribution in [0.3, 0.4) is 0 Å². The maximum absolute atomic E-state index is 13.1. The van der Waals surface area contributed by atoms with Crippen LogP contribution in [0, 0.1) is 0 Å². The van der Waals surface area contributed by atoms with Crippen molar-refractivity contribution in [2.75, 3.05) is 39.6 Å². The molecule has 17 nitrogen and oxygen atoms in total. The fourth-order valence-electron chi connectivity index (χ4n) is 8.70. The predicted octanol–water partition coefficient (Wildman–Crippen LogP) is 22.4. The Morgan fingerprint density at radius 2 is 0.519 bits per heavy atom. The molecule has 106 heavy (non-hydrogen) atoms. The lowest BCUT2D eigenvalue weighted by Gasteiger charge is -2.21. The molecule has 0 spiro atoms. The highest BCUT2D eigenvalue weighted by Crippen LogP contribution is 2.45. The van der Waals surface area contributed by atoms with E-state index >= 15 is 0 Å². The number of carbonyl (C=O) groups excluding carboxylic acids is 4. The molecule has 0 aliphatic heterocycles. The van der Waals surface area contributed by atoms with Gasteiger partial charge in [0.15, 0.2) is 12.2 Å². The highest BCUT2D eigenvalue weighted by molar-refractivity contribution is 7.47. The van der Waals surface area contributed by atoms with E-state index in [1.807, 2.05) is 48.6 Å². The van der Waals surface area contributed by atoms with E-state index in [-0.39, 0.29) is 25.7 Å². The van der Waals surface area contributed by atoms with Gasteiger partial charge in [-0.15, -0.1) is 0 Å². The lowest BCUT2D eigenvalue weighted by molar-refractivity contribution is -0.161. The van der Waals surface area contributed by atoms with Gasteiger partial charge in [0, 0.05) is 19.3 Å². The third-order valence-electron chi connectivity index (χ3n) is 14.3. The average Bonchev–Trinajstić information content (AvgIpc) is 0.909. The lowest BCUT2D eigenvalue weighted by Crippen LogP contribution is -2.30. The molecule has 0 aliphatic carbocycles. The molecule has 0 aromatic heterocycles. The van der Waals surface area contributed by atoms with E-state index in [2.05, 4.69) is 210 Å². The Hall–Kier alpha value is -7.14. The first-order valence-electron chi connectivity index (χ1n) is 38.3. The maximum atomic E-state index is 13.1. The van der Waals surface area contributed by atoms with Crippen LogP contribution < -0.4 is 0 Å². The molecule has 0 amide bonds. The summed E-state index contributed by atoms with van der Waals surface area (Å²) in [5.41, 5.74) is 0. The van der Waals surface area contributed by atoms with Crippen LogP contribution in [0.1, 0.15) is 220 Å². The quantitative estimate of drug-likeness (QED) is 0.0169. The number of rotatable bonds is 68. The van der Waals surface area contributed by atoms with Crippen molar-refractivity contribution in [2.24, 2.45) is 0 Å². The summed E-state index contributed by atoms with van der Waals surface area (Å²) in [7, 11) is -10.1. The van der Waals surface area contributed by atoms with Crippen LogP contribution in [0.2, 0.25) is 0 Å². The van der Waals surface area contributed by atoms with E-state index in [0.717, 1.165) is 122 Å². The fourth-order valence-corrected chi connectivity index (χ4v) is 10.3. The summed E-state index contributed by atoms with van der Waals surface area (Å²) in [5, 5.41) is 10.6. The van der Waals surface area contributed by atoms with Crippen LogP contribution in [0.4, 0.5) is 0 Å². The number of hydrogen-bond donors (Lipinski definition) is 3. The number of aliphatic hydroxyl groups is 1. The van der Waals surface area contributed by atoms with Gasteiger partial charge in [-0.1, -0.05) is 271 Å².